The molecule has 0 saturated carbocycles. The minimum Gasteiger partial charge on any atom is -0.492 e. The lowest BCUT2D eigenvalue weighted by Gasteiger charge is -2.08. The van der Waals surface area contributed by atoms with Crippen molar-refractivity contribution >= 4 is 23.2 Å². The van der Waals surface area contributed by atoms with Crippen molar-refractivity contribution in [3.05, 3.63) is 27.7 Å². The summed E-state index contributed by atoms with van der Waals surface area (Å²) in [5.41, 5.74) is 6.29. The van der Waals surface area contributed by atoms with Gasteiger partial charge in [-0.05, 0) is 18.6 Å². The Hall–Kier alpha value is -0.440. The van der Waals surface area contributed by atoms with Gasteiger partial charge in [-0.25, -0.2) is 0 Å². The molecule has 0 saturated heterocycles. The zero-order valence-electron chi connectivity index (χ0n) is 7.31. The van der Waals surface area contributed by atoms with Crippen LogP contribution in [0.4, 0.5) is 0 Å². The molecule has 13 heavy (non-hydrogen) atoms. The zero-order chi connectivity index (χ0) is 9.84. The van der Waals surface area contributed by atoms with Crippen LogP contribution in [-0.2, 0) is 6.54 Å². The molecule has 0 aromatic heterocycles. The molecule has 1 aromatic rings. The molecule has 0 unspecified atom stereocenters. The maximum atomic E-state index is 5.92. The van der Waals surface area contributed by atoms with E-state index in [0.717, 1.165) is 5.56 Å². The van der Waals surface area contributed by atoms with Gasteiger partial charge < -0.3 is 10.5 Å². The largest absolute Gasteiger partial charge is 0.492 e. The second kappa shape index (κ2) is 4.70. The fourth-order valence-corrected chi connectivity index (χ4v) is 1.46. The van der Waals surface area contributed by atoms with Crippen LogP contribution >= 0.6 is 23.2 Å². The van der Waals surface area contributed by atoms with Gasteiger partial charge in [0, 0.05) is 17.6 Å². The van der Waals surface area contributed by atoms with Crippen molar-refractivity contribution in [1.29, 1.82) is 0 Å². The van der Waals surface area contributed by atoms with E-state index in [4.69, 9.17) is 33.7 Å². The van der Waals surface area contributed by atoms with Gasteiger partial charge in [-0.3, -0.25) is 0 Å². The van der Waals surface area contributed by atoms with Crippen molar-refractivity contribution in [3.63, 3.8) is 0 Å². The molecular weight excluding hydrogens is 209 g/mol. The van der Waals surface area contributed by atoms with Gasteiger partial charge in [-0.1, -0.05) is 23.2 Å². The average Bonchev–Trinajstić information content (AvgIpc) is 2.11. The number of nitrogens with two attached hydrogens (primary N) is 1. The molecule has 0 spiro atoms. The molecule has 0 radical (unpaired) electrons. The van der Waals surface area contributed by atoms with Crippen LogP contribution < -0.4 is 10.5 Å². The maximum Gasteiger partial charge on any atom is 0.139 e. The van der Waals surface area contributed by atoms with E-state index in [1.807, 2.05) is 6.92 Å². The van der Waals surface area contributed by atoms with Crippen molar-refractivity contribution in [2.24, 2.45) is 5.73 Å². The molecule has 2 N–H and O–H groups in total. The van der Waals surface area contributed by atoms with E-state index >= 15 is 0 Å². The minimum absolute atomic E-state index is 0.380. The predicted molar refractivity (Wildman–Crippen MR) is 55.5 cm³/mol. The van der Waals surface area contributed by atoms with E-state index in [0.29, 0.717) is 28.9 Å². The smallest absolute Gasteiger partial charge is 0.139 e. The molecule has 0 atom stereocenters. The lowest BCUT2D eigenvalue weighted by molar-refractivity contribution is 0.340. The van der Waals surface area contributed by atoms with Gasteiger partial charge in [0.25, 0.3) is 0 Å². The van der Waals surface area contributed by atoms with Crippen LogP contribution in [0.5, 0.6) is 5.75 Å². The molecule has 0 fully saturated rings. The minimum atomic E-state index is 0.380. The van der Waals surface area contributed by atoms with Crippen molar-refractivity contribution in [1.82, 2.24) is 0 Å². The summed E-state index contributed by atoms with van der Waals surface area (Å²) in [5, 5.41) is 1.14. The van der Waals surface area contributed by atoms with Crippen LogP contribution in [0.15, 0.2) is 12.1 Å². The Morgan fingerprint density at radius 1 is 1.31 bits per heavy atom. The van der Waals surface area contributed by atoms with Gasteiger partial charge in [0.05, 0.1) is 11.6 Å². The first kappa shape index (κ1) is 10.6. The predicted octanol–water partition coefficient (Wildman–Crippen LogP) is 2.85. The summed E-state index contributed by atoms with van der Waals surface area (Å²) in [7, 11) is 0. The maximum absolute atomic E-state index is 5.92. The molecule has 1 aromatic carbocycles. The average molecular weight is 220 g/mol. The topological polar surface area (TPSA) is 35.2 Å². The highest BCUT2D eigenvalue weighted by atomic mass is 35.5. The number of ether oxygens (including phenoxy) is 1. The third-order valence-electron chi connectivity index (χ3n) is 1.62. The number of hydrogen-bond acceptors (Lipinski definition) is 2. The van der Waals surface area contributed by atoms with E-state index in [2.05, 4.69) is 0 Å². The van der Waals surface area contributed by atoms with Crippen molar-refractivity contribution < 1.29 is 4.74 Å². The van der Waals surface area contributed by atoms with Crippen LogP contribution in [0.25, 0.3) is 0 Å². The Morgan fingerprint density at radius 2 is 2.00 bits per heavy atom. The van der Waals surface area contributed by atoms with Crippen LogP contribution in [0.1, 0.15) is 12.5 Å². The highest BCUT2D eigenvalue weighted by molar-refractivity contribution is 6.34. The van der Waals surface area contributed by atoms with Gasteiger partial charge in [-0.2, -0.15) is 0 Å². The van der Waals surface area contributed by atoms with Gasteiger partial charge >= 0.3 is 0 Å². The highest BCUT2D eigenvalue weighted by Crippen LogP contribution is 2.30. The van der Waals surface area contributed by atoms with E-state index in [1.54, 1.807) is 12.1 Å². The Balaban J connectivity index is 3.05. The Morgan fingerprint density at radius 3 is 2.54 bits per heavy atom. The van der Waals surface area contributed by atoms with E-state index in [1.165, 1.54) is 0 Å². The van der Waals surface area contributed by atoms with Crippen LogP contribution in [0, 0.1) is 0 Å². The first-order valence-corrected chi connectivity index (χ1v) is 4.75. The molecule has 0 aliphatic carbocycles. The summed E-state index contributed by atoms with van der Waals surface area (Å²) in [5.74, 6) is 0.603. The van der Waals surface area contributed by atoms with Crippen molar-refractivity contribution in [3.8, 4) is 5.75 Å². The third kappa shape index (κ3) is 2.50. The van der Waals surface area contributed by atoms with Gasteiger partial charge in [-0.15, -0.1) is 0 Å². The third-order valence-corrected chi connectivity index (χ3v) is 2.27. The molecule has 0 aliphatic rings. The normalized spacial score (nSPS) is 10.2. The van der Waals surface area contributed by atoms with Gasteiger partial charge in [0.1, 0.15) is 5.75 Å². The summed E-state index contributed by atoms with van der Waals surface area (Å²) < 4.78 is 5.26. The molecule has 72 valence electrons. The molecule has 0 amide bonds. The highest BCUT2D eigenvalue weighted by Gasteiger charge is 2.06. The van der Waals surface area contributed by atoms with Crippen molar-refractivity contribution in [2.45, 2.75) is 13.5 Å². The molecule has 0 aliphatic heterocycles. The van der Waals surface area contributed by atoms with Crippen LogP contribution in [0.2, 0.25) is 10.0 Å². The molecule has 1 rings (SSSR count). The van der Waals surface area contributed by atoms with E-state index < -0.39 is 0 Å². The van der Waals surface area contributed by atoms with E-state index in [9.17, 15) is 0 Å². The van der Waals surface area contributed by atoms with Crippen molar-refractivity contribution in [2.75, 3.05) is 6.61 Å². The quantitative estimate of drug-likeness (QED) is 0.849. The van der Waals surface area contributed by atoms with E-state index in [-0.39, 0.29) is 0 Å². The number of hydrogen-bond donors (Lipinski definition) is 1. The lowest BCUT2D eigenvalue weighted by Crippen LogP contribution is -1.99. The number of halogens is 2. The summed E-state index contributed by atoms with van der Waals surface area (Å²) in [6, 6.07) is 3.42. The summed E-state index contributed by atoms with van der Waals surface area (Å²) in [6.07, 6.45) is 0. The van der Waals surface area contributed by atoms with Gasteiger partial charge in [0.15, 0.2) is 0 Å². The van der Waals surface area contributed by atoms with Gasteiger partial charge in [0.2, 0.25) is 0 Å². The summed E-state index contributed by atoms with van der Waals surface area (Å²) in [4.78, 5) is 0. The molecule has 2 nitrogen and oxygen atoms in total. The van der Waals surface area contributed by atoms with Crippen LogP contribution in [-0.4, -0.2) is 6.61 Å². The monoisotopic (exact) mass is 219 g/mol. The standard InChI is InChI=1S/C9H11Cl2NO/c1-2-13-9-4-7(10)6(5-12)3-8(9)11/h3-4H,2,5,12H2,1H3. The fraction of sp³-hybridized carbons (Fsp3) is 0.333. The Kier molecular flexibility index (Phi) is 3.85. The van der Waals surface area contributed by atoms with Crippen LogP contribution in [0.3, 0.4) is 0 Å². The summed E-state index contributed by atoms with van der Waals surface area (Å²) >= 11 is 11.8. The first-order chi connectivity index (χ1) is 6.19. The SMILES string of the molecule is CCOc1cc(Cl)c(CN)cc1Cl. The lowest BCUT2D eigenvalue weighted by atomic mass is 10.2. The Bertz CT molecular complexity index is 302. The second-order valence-corrected chi connectivity index (χ2v) is 3.33. The summed E-state index contributed by atoms with van der Waals surface area (Å²) in [6.45, 7) is 2.84. The zero-order valence-corrected chi connectivity index (χ0v) is 8.82. The molecular formula is C9H11Cl2NO. The fourth-order valence-electron chi connectivity index (χ4n) is 0.992. The second-order valence-electron chi connectivity index (χ2n) is 2.51. The molecule has 4 heteroatoms. The Labute approximate surface area is 87.6 Å². The molecule has 0 bridgehead atoms. The number of benzene rings is 1. The first-order valence-electron chi connectivity index (χ1n) is 3.99. The molecule has 0 heterocycles. The number of rotatable bonds is 3.